The average molecular weight is 125 g/mol. The van der Waals surface area contributed by atoms with E-state index in [0.29, 0.717) is 6.26 Å². The number of hydrogen-bond donors (Lipinski definition) is 2. The summed E-state index contributed by atoms with van der Waals surface area (Å²) in [4.78, 5) is 3.47. The summed E-state index contributed by atoms with van der Waals surface area (Å²) >= 11 is 0. The van der Waals surface area contributed by atoms with Crippen molar-refractivity contribution < 1.29 is 5.11 Å². The maximum Gasteiger partial charge on any atom is 0.139 e. The molecule has 0 aliphatic heterocycles. The van der Waals surface area contributed by atoms with Crippen LogP contribution < -0.4 is 5.73 Å². The second-order valence-corrected chi connectivity index (χ2v) is 1.26. The van der Waals surface area contributed by atoms with Gasteiger partial charge in [0, 0.05) is 7.05 Å². The fourth-order valence-corrected chi connectivity index (χ4v) is 0.273. The highest BCUT2D eigenvalue weighted by Crippen LogP contribution is 1.87. The Balaban J connectivity index is 4.39. The van der Waals surface area contributed by atoms with Crippen molar-refractivity contribution in [3.63, 3.8) is 0 Å². The van der Waals surface area contributed by atoms with Crippen LogP contribution in [0.2, 0.25) is 0 Å². The molecule has 0 saturated carbocycles. The van der Waals surface area contributed by atoms with Crippen molar-refractivity contribution in [3.05, 3.63) is 11.8 Å². The van der Waals surface area contributed by atoms with E-state index >= 15 is 0 Å². The van der Waals surface area contributed by atoms with Gasteiger partial charge >= 0.3 is 0 Å². The molecule has 0 aromatic rings. The summed E-state index contributed by atoms with van der Waals surface area (Å²) in [5.74, 6) is 0.0417. The van der Waals surface area contributed by atoms with Crippen molar-refractivity contribution in [1.82, 2.24) is 0 Å². The van der Waals surface area contributed by atoms with Crippen LogP contribution in [-0.4, -0.2) is 18.0 Å². The fraction of sp³-hybridized carbons (Fsp3) is 0.200. The van der Waals surface area contributed by atoms with Gasteiger partial charge in [-0.15, -0.1) is 0 Å². The monoisotopic (exact) mass is 125 g/mol. The van der Waals surface area contributed by atoms with Crippen LogP contribution >= 0.6 is 0 Å². The average Bonchev–Trinajstić information content (AvgIpc) is 1.90. The smallest absolute Gasteiger partial charge is 0.139 e. The standard InChI is InChI=1S/C5H7N3O/c1-8-5(7)4(2-6)3-9/h3,9H,1H3,(H2,7,8)/b4-3-. The lowest BCUT2D eigenvalue weighted by atomic mass is 10.3. The molecule has 0 saturated heterocycles. The van der Waals surface area contributed by atoms with Crippen molar-refractivity contribution in [2.75, 3.05) is 7.05 Å². The van der Waals surface area contributed by atoms with E-state index in [1.54, 1.807) is 6.07 Å². The molecule has 4 heteroatoms. The van der Waals surface area contributed by atoms with Gasteiger partial charge in [-0.3, -0.25) is 4.99 Å². The van der Waals surface area contributed by atoms with Crippen LogP contribution in [0.15, 0.2) is 16.8 Å². The Hall–Kier alpha value is -1.50. The first kappa shape index (κ1) is 7.50. The number of amidine groups is 1. The molecule has 0 rings (SSSR count). The topological polar surface area (TPSA) is 82.4 Å². The predicted molar refractivity (Wildman–Crippen MR) is 33.9 cm³/mol. The number of aliphatic hydroxyl groups excluding tert-OH is 1. The van der Waals surface area contributed by atoms with E-state index in [1.807, 2.05) is 0 Å². The number of aliphatic imine (C=N–C) groups is 1. The molecule has 0 aliphatic carbocycles. The zero-order chi connectivity index (χ0) is 7.28. The molecule has 48 valence electrons. The summed E-state index contributed by atoms with van der Waals surface area (Å²) in [6, 6.07) is 1.66. The highest BCUT2D eigenvalue weighted by molar-refractivity contribution is 6.00. The summed E-state index contributed by atoms with van der Waals surface area (Å²) in [5.41, 5.74) is 5.12. The Morgan fingerprint density at radius 1 is 1.89 bits per heavy atom. The molecule has 0 unspecified atom stereocenters. The van der Waals surface area contributed by atoms with Crippen molar-refractivity contribution in [2.24, 2.45) is 10.7 Å². The zero-order valence-electron chi connectivity index (χ0n) is 5.00. The van der Waals surface area contributed by atoms with Crippen molar-refractivity contribution in [3.8, 4) is 6.07 Å². The Kier molecular flexibility index (Phi) is 2.91. The van der Waals surface area contributed by atoms with Gasteiger partial charge in [0.15, 0.2) is 0 Å². The number of rotatable bonds is 1. The summed E-state index contributed by atoms with van der Waals surface area (Å²) in [7, 11) is 1.44. The molecule has 0 spiro atoms. The minimum Gasteiger partial charge on any atom is -0.514 e. The third-order valence-electron chi connectivity index (χ3n) is 0.766. The molecule has 4 nitrogen and oxygen atoms in total. The van der Waals surface area contributed by atoms with E-state index in [2.05, 4.69) is 4.99 Å². The predicted octanol–water partition coefficient (Wildman–Crippen LogP) is -0.0611. The van der Waals surface area contributed by atoms with E-state index in [4.69, 9.17) is 16.1 Å². The van der Waals surface area contributed by atoms with Gasteiger partial charge < -0.3 is 10.8 Å². The van der Waals surface area contributed by atoms with Crippen molar-refractivity contribution in [1.29, 1.82) is 5.26 Å². The van der Waals surface area contributed by atoms with Crippen LogP contribution in [0.3, 0.4) is 0 Å². The molecule has 0 aromatic carbocycles. The lowest BCUT2D eigenvalue weighted by Gasteiger charge is -1.90. The summed E-state index contributed by atoms with van der Waals surface area (Å²) in [6.45, 7) is 0. The first-order valence-electron chi connectivity index (χ1n) is 2.23. The first-order chi connectivity index (χ1) is 4.26. The van der Waals surface area contributed by atoms with Crippen LogP contribution in [-0.2, 0) is 0 Å². The van der Waals surface area contributed by atoms with Crippen LogP contribution in [0, 0.1) is 11.3 Å². The van der Waals surface area contributed by atoms with Gasteiger partial charge in [0.25, 0.3) is 0 Å². The molecule has 0 bridgehead atoms. The van der Waals surface area contributed by atoms with Crippen LogP contribution in [0.4, 0.5) is 0 Å². The Morgan fingerprint density at radius 3 is 2.56 bits per heavy atom. The second kappa shape index (κ2) is 3.50. The Labute approximate surface area is 52.9 Å². The first-order valence-corrected chi connectivity index (χ1v) is 2.23. The van der Waals surface area contributed by atoms with Gasteiger partial charge in [0.2, 0.25) is 0 Å². The van der Waals surface area contributed by atoms with E-state index in [0.717, 1.165) is 0 Å². The zero-order valence-corrected chi connectivity index (χ0v) is 5.00. The number of aliphatic hydroxyl groups is 1. The molecule has 0 atom stereocenters. The van der Waals surface area contributed by atoms with Crippen LogP contribution in [0.5, 0.6) is 0 Å². The minimum atomic E-state index is -0.0162. The van der Waals surface area contributed by atoms with E-state index in [-0.39, 0.29) is 11.4 Å². The van der Waals surface area contributed by atoms with Crippen LogP contribution in [0.25, 0.3) is 0 Å². The molecular formula is C5H7N3O. The number of nitrogens with zero attached hydrogens (tertiary/aromatic N) is 2. The normalized spacial score (nSPS) is 12.9. The molecule has 0 radical (unpaired) electrons. The highest BCUT2D eigenvalue weighted by Gasteiger charge is 1.97. The number of nitrogens with two attached hydrogens (primary N) is 1. The lowest BCUT2D eigenvalue weighted by Crippen LogP contribution is -2.13. The maximum atomic E-state index is 8.28. The quantitative estimate of drug-likeness (QED) is 0.223. The SMILES string of the molecule is CN=C(N)/C(C#N)=C\O. The van der Waals surface area contributed by atoms with Gasteiger partial charge in [-0.25, -0.2) is 0 Å². The second-order valence-electron chi connectivity index (χ2n) is 1.26. The fourth-order valence-electron chi connectivity index (χ4n) is 0.273. The van der Waals surface area contributed by atoms with Crippen LogP contribution in [0.1, 0.15) is 0 Å². The van der Waals surface area contributed by atoms with E-state index in [1.165, 1.54) is 7.05 Å². The number of hydrogen-bond acceptors (Lipinski definition) is 3. The molecule has 0 heterocycles. The van der Waals surface area contributed by atoms with Gasteiger partial charge in [-0.1, -0.05) is 0 Å². The van der Waals surface area contributed by atoms with Gasteiger partial charge in [0.1, 0.15) is 23.7 Å². The van der Waals surface area contributed by atoms with E-state index < -0.39 is 0 Å². The minimum absolute atomic E-state index is 0.0162. The summed E-state index contributed by atoms with van der Waals surface area (Å²) < 4.78 is 0. The molecule has 0 amide bonds. The van der Waals surface area contributed by atoms with E-state index in [9.17, 15) is 0 Å². The number of nitriles is 1. The lowest BCUT2D eigenvalue weighted by molar-refractivity contribution is 0.472. The third kappa shape index (κ3) is 1.82. The molecule has 0 aromatic heterocycles. The molecule has 9 heavy (non-hydrogen) atoms. The third-order valence-corrected chi connectivity index (χ3v) is 0.766. The van der Waals surface area contributed by atoms with Crippen molar-refractivity contribution >= 4 is 5.84 Å². The van der Waals surface area contributed by atoms with Gasteiger partial charge in [-0.2, -0.15) is 5.26 Å². The Morgan fingerprint density at radius 2 is 2.44 bits per heavy atom. The molecule has 0 fully saturated rings. The molecular weight excluding hydrogens is 118 g/mol. The van der Waals surface area contributed by atoms with Gasteiger partial charge in [-0.05, 0) is 0 Å². The van der Waals surface area contributed by atoms with Gasteiger partial charge in [0.05, 0.1) is 0 Å². The van der Waals surface area contributed by atoms with Crippen molar-refractivity contribution in [2.45, 2.75) is 0 Å². The largest absolute Gasteiger partial charge is 0.514 e. The molecule has 0 aliphatic rings. The maximum absolute atomic E-state index is 8.28. The summed E-state index contributed by atoms with van der Waals surface area (Å²) in [5, 5.41) is 16.5. The Bertz CT molecular complexity index is 187. The summed E-state index contributed by atoms with van der Waals surface area (Å²) in [6.07, 6.45) is 0.627. The molecule has 3 N–H and O–H groups in total. The highest BCUT2D eigenvalue weighted by atomic mass is 16.2.